The summed E-state index contributed by atoms with van der Waals surface area (Å²) in [5.41, 5.74) is 0. The number of nitrogens with one attached hydrogen (secondary N) is 2. The molecule has 1 aliphatic rings. The van der Waals surface area contributed by atoms with E-state index < -0.39 is 0 Å². The number of hydrogen-bond donors (Lipinski definition) is 2. The Bertz CT molecular complexity index is 546. The van der Waals surface area contributed by atoms with Crippen molar-refractivity contribution in [3.05, 3.63) is 29.7 Å². The van der Waals surface area contributed by atoms with E-state index in [2.05, 4.69) is 20.8 Å². The molecule has 1 fully saturated rings. The molecule has 2 aromatic rings. The Morgan fingerprint density at radius 2 is 2.42 bits per heavy atom. The lowest BCUT2D eigenvalue weighted by atomic mass is 10.4. The summed E-state index contributed by atoms with van der Waals surface area (Å²) < 4.78 is 2.02. The largest absolute Gasteiger partial charge is 0.336 e. The molecule has 0 bridgehead atoms. The van der Waals surface area contributed by atoms with Crippen LogP contribution in [-0.2, 0) is 6.54 Å². The molecule has 1 aliphatic carbocycles. The van der Waals surface area contributed by atoms with Crippen molar-refractivity contribution in [2.45, 2.75) is 25.3 Å². The molecule has 0 spiro atoms. The molecule has 2 amide bonds. The van der Waals surface area contributed by atoms with Gasteiger partial charge in [-0.25, -0.2) is 4.79 Å². The van der Waals surface area contributed by atoms with Gasteiger partial charge < -0.3 is 9.88 Å². The lowest BCUT2D eigenvalue weighted by Crippen LogP contribution is -2.31. The number of urea groups is 1. The number of carbonyl (C=O) groups excluding carboxylic acids is 1. The van der Waals surface area contributed by atoms with Crippen molar-refractivity contribution >= 4 is 22.4 Å². The standard InChI is InChI=1S/C12H15N5OS/c18-12(15-10-2-1-7-19-10)13-5-6-17-8-14-16-11(17)9-3-4-9/h1-2,7-9H,3-6H2,(H2,13,15,18). The first-order valence-corrected chi connectivity index (χ1v) is 7.17. The maximum atomic E-state index is 11.6. The summed E-state index contributed by atoms with van der Waals surface area (Å²) in [6.45, 7) is 1.27. The van der Waals surface area contributed by atoms with Gasteiger partial charge >= 0.3 is 6.03 Å². The minimum absolute atomic E-state index is 0.177. The van der Waals surface area contributed by atoms with Crippen LogP contribution in [0.1, 0.15) is 24.6 Å². The van der Waals surface area contributed by atoms with Crippen LogP contribution in [0, 0.1) is 0 Å². The van der Waals surface area contributed by atoms with E-state index in [0.29, 0.717) is 19.0 Å². The van der Waals surface area contributed by atoms with Gasteiger partial charge in [-0.1, -0.05) is 0 Å². The average molecular weight is 277 g/mol. The van der Waals surface area contributed by atoms with Crippen LogP contribution < -0.4 is 10.6 Å². The summed E-state index contributed by atoms with van der Waals surface area (Å²) in [5.74, 6) is 1.61. The molecule has 7 heteroatoms. The molecule has 6 nitrogen and oxygen atoms in total. The summed E-state index contributed by atoms with van der Waals surface area (Å²) in [5, 5.41) is 16.4. The minimum atomic E-state index is -0.177. The lowest BCUT2D eigenvalue weighted by Gasteiger charge is -2.08. The number of anilines is 1. The van der Waals surface area contributed by atoms with Gasteiger partial charge in [-0.15, -0.1) is 21.5 Å². The van der Waals surface area contributed by atoms with Crippen LogP contribution in [-0.4, -0.2) is 27.3 Å². The van der Waals surface area contributed by atoms with Gasteiger partial charge in [0.2, 0.25) is 0 Å². The van der Waals surface area contributed by atoms with Crippen LogP contribution in [0.25, 0.3) is 0 Å². The van der Waals surface area contributed by atoms with E-state index >= 15 is 0 Å². The van der Waals surface area contributed by atoms with Crippen LogP contribution in [0.5, 0.6) is 0 Å². The van der Waals surface area contributed by atoms with E-state index in [4.69, 9.17) is 0 Å². The smallest absolute Gasteiger partial charge is 0.319 e. The molecule has 2 aromatic heterocycles. The molecular formula is C12H15N5OS. The number of hydrogen-bond acceptors (Lipinski definition) is 4. The topological polar surface area (TPSA) is 71.8 Å². The van der Waals surface area contributed by atoms with E-state index in [0.717, 1.165) is 10.8 Å². The third-order valence-electron chi connectivity index (χ3n) is 2.98. The Hall–Kier alpha value is -1.89. The fraction of sp³-hybridized carbons (Fsp3) is 0.417. The third-order valence-corrected chi connectivity index (χ3v) is 3.77. The first-order valence-electron chi connectivity index (χ1n) is 6.29. The third kappa shape index (κ3) is 3.11. The number of amides is 2. The number of rotatable bonds is 5. The van der Waals surface area contributed by atoms with Gasteiger partial charge in [0.05, 0.1) is 5.00 Å². The fourth-order valence-corrected chi connectivity index (χ4v) is 2.50. The van der Waals surface area contributed by atoms with E-state index in [-0.39, 0.29) is 6.03 Å². The highest BCUT2D eigenvalue weighted by Crippen LogP contribution is 2.38. The molecule has 0 radical (unpaired) electrons. The van der Waals surface area contributed by atoms with Crippen molar-refractivity contribution in [1.82, 2.24) is 20.1 Å². The molecule has 19 heavy (non-hydrogen) atoms. The number of carbonyl (C=O) groups is 1. The Balaban J connectivity index is 1.45. The molecule has 0 saturated heterocycles. The summed E-state index contributed by atoms with van der Waals surface area (Å²) in [6.07, 6.45) is 4.13. The van der Waals surface area contributed by atoms with E-state index in [9.17, 15) is 4.79 Å². The van der Waals surface area contributed by atoms with E-state index in [1.165, 1.54) is 24.2 Å². The lowest BCUT2D eigenvalue weighted by molar-refractivity contribution is 0.251. The van der Waals surface area contributed by atoms with Crippen LogP contribution >= 0.6 is 11.3 Å². The van der Waals surface area contributed by atoms with Gasteiger partial charge in [0.25, 0.3) is 0 Å². The highest BCUT2D eigenvalue weighted by molar-refractivity contribution is 7.14. The van der Waals surface area contributed by atoms with Crippen LogP contribution in [0.3, 0.4) is 0 Å². The highest BCUT2D eigenvalue weighted by Gasteiger charge is 2.28. The molecule has 2 N–H and O–H groups in total. The molecule has 2 heterocycles. The quantitative estimate of drug-likeness (QED) is 0.878. The number of nitrogens with zero attached hydrogens (tertiary/aromatic N) is 3. The summed E-state index contributed by atoms with van der Waals surface area (Å²) in [7, 11) is 0. The molecule has 100 valence electrons. The normalized spacial score (nSPS) is 14.3. The molecule has 0 unspecified atom stereocenters. The summed E-state index contributed by atoms with van der Waals surface area (Å²) in [6, 6.07) is 3.60. The summed E-state index contributed by atoms with van der Waals surface area (Å²) >= 11 is 1.50. The predicted molar refractivity (Wildman–Crippen MR) is 73.3 cm³/mol. The SMILES string of the molecule is O=C(NCCn1cnnc1C1CC1)Nc1cccs1. The van der Waals surface area contributed by atoms with Gasteiger partial charge in [0.15, 0.2) is 0 Å². The molecule has 0 atom stereocenters. The van der Waals surface area contributed by atoms with Gasteiger partial charge in [-0.3, -0.25) is 5.32 Å². The highest BCUT2D eigenvalue weighted by atomic mass is 32.1. The summed E-state index contributed by atoms with van der Waals surface area (Å²) in [4.78, 5) is 11.6. The van der Waals surface area contributed by atoms with Crippen molar-refractivity contribution in [2.24, 2.45) is 0 Å². The second-order valence-corrected chi connectivity index (χ2v) is 5.46. The molecule has 1 saturated carbocycles. The Morgan fingerprint density at radius 3 is 3.16 bits per heavy atom. The number of aromatic nitrogens is 3. The van der Waals surface area contributed by atoms with Gasteiger partial charge in [-0.2, -0.15) is 0 Å². The van der Waals surface area contributed by atoms with Crippen LogP contribution in [0.4, 0.5) is 9.80 Å². The fourth-order valence-electron chi connectivity index (χ4n) is 1.89. The second-order valence-electron chi connectivity index (χ2n) is 4.52. The number of thiophene rings is 1. The molecule has 0 aromatic carbocycles. The van der Waals surface area contributed by atoms with Crippen LogP contribution in [0.2, 0.25) is 0 Å². The molecular weight excluding hydrogens is 262 g/mol. The van der Waals surface area contributed by atoms with Crippen molar-refractivity contribution in [1.29, 1.82) is 0 Å². The van der Waals surface area contributed by atoms with Gasteiger partial charge in [0, 0.05) is 19.0 Å². The minimum Gasteiger partial charge on any atom is -0.336 e. The zero-order chi connectivity index (χ0) is 13.1. The van der Waals surface area contributed by atoms with Crippen molar-refractivity contribution in [2.75, 3.05) is 11.9 Å². The van der Waals surface area contributed by atoms with Crippen LogP contribution in [0.15, 0.2) is 23.8 Å². The maximum Gasteiger partial charge on any atom is 0.319 e. The van der Waals surface area contributed by atoms with Crippen molar-refractivity contribution in [3.8, 4) is 0 Å². The van der Waals surface area contributed by atoms with Crippen molar-refractivity contribution in [3.63, 3.8) is 0 Å². The first kappa shape index (κ1) is 12.2. The molecule has 0 aliphatic heterocycles. The van der Waals surface area contributed by atoms with E-state index in [1.54, 1.807) is 6.33 Å². The monoisotopic (exact) mass is 277 g/mol. The Morgan fingerprint density at radius 1 is 1.53 bits per heavy atom. The van der Waals surface area contributed by atoms with Crippen molar-refractivity contribution < 1.29 is 4.79 Å². The first-order chi connectivity index (χ1) is 9.33. The van der Waals surface area contributed by atoms with Gasteiger partial charge in [0.1, 0.15) is 12.2 Å². The van der Waals surface area contributed by atoms with E-state index in [1.807, 2.05) is 22.1 Å². The average Bonchev–Trinajstić information content (AvgIpc) is 2.92. The predicted octanol–water partition coefficient (Wildman–Crippen LogP) is 2.04. The Labute approximate surface area is 114 Å². The Kier molecular flexibility index (Phi) is 3.45. The zero-order valence-electron chi connectivity index (χ0n) is 10.4. The van der Waals surface area contributed by atoms with Gasteiger partial charge in [-0.05, 0) is 30.4 Å². The zero-order valence-corrected chi connectivity index (χ0v) is 11.2. The maximum absolute atomic E-state index is 11.6. The molecule has 3 rings (SSSR count). The second kappa shape index (κ2) is 5.40.